The second kappa shape index (κ2) is 16.0. The van der Waals surface area contributed by atoms with Gasteiger partial charge in [0.05, 0.1) is 30.6 Å². The van der Waals surface area contributed by atoms with Crippen molar-refractivity contribution in [2.24, 2.45) is 17.3 Å². The molecule has 14 heteroatoms. The first kappa shape index (κ1) is 39.4. The van der Waals surface area contributed by atoms with E-state index in [2.05, 4.69) is 51.3 Å². The van der Waals surface area contributed by atoms with Crippen LogP contribution in [0.4, 0.5) is 20.7 Å². The number of nitrogens with one attached hydrogen (secondary N) is 3. The van der Waals surface area contributed by atoms with Crippen molar-refractivity contribution in [3.8, 4) is 22.4 Å². The number of pyridine rings is 1. The minimum Gasteiger partial charge on any atom is -0.453 e. The predicted octanol–water partition coefficient (Wildman–Crippen LogP) is 6.66. The van der Waals surface area contributed by atoms with E-state index in [-0.39, 0.29) is 41.1 Å². The summed E-state index contributed by atoms with van der Waals surface area (Å²) in [6.45, 7) is 12.6. The summed E-state index contributed by atoms with van der Waals surface area (Å²) >= 11 is 0. The van der Waals surface area contributed by atoms with E-state index in [9.17, 15) is 19.2 Å². The molecule has 7 rings (SSSR count). The number of alkyl carbamates (subject to hydrolysis) is 1. The van der Waals surface area contributed by atoms with Crippen LogP contribution in [0.5, 0.6) is 0 Å². The van der Waals surface area contributed by atoms with Gasteiger partial charge in [0.2, 0.25) is 11.8 Å². The van der Waals surface area contributed by atoms with E-state index in [1.165, 1.54) is 19.4 Å². The highest BCUT2D eigenvalue weighted by atomic mass is 19.1. The second-order valence-corrected chi connectivity index (χ2v) is 16.4. The van der Waals surface area contributed by atoms with Gasteiger partial charge >= 0.3 is 6.09 Å². The second-order valence-electron chi connectivity index (χ2n) is 16.4. The summed E-state index contributed by atoms with van der Waals surface area (Å²) in [5, 5.41) is 5.45. The third-order valence-corrected chi connectivity index (χ3v) is 11.6. The van der Waals surface area contributed by atoms with Crippen LogP contribution in [0.2, 0.25) is 0 Å². The molecule has 2 saturated heterocycles. The quantitative estimate of drug-likeness (QED) is 0.162. The smallest absolute Gasteiger partial charge is 0.407 e. The lowest BCUT2D eigenvalue weighted by molar-refractivity contribution is -0.135. The first-order chi connectivity index (χ1) is 27.2. The SMILES string of the molecule is COC(=O)N[C@H](C(=O)N1CCCC1c1ncc(-c2ccc(-c3ccc(NC(=O)c4ccc(N5CCN(C(=O)[C@H]6CC6(C)C)CC5C)nc4)cc3F)cc2)[nH]1)C(C)C. The average Bonchev–Trinajstić information content (AvgIpc) is 3.54. The topological polar surface area (TPSA) is 153 Å². The summed E-state index contributed by atoms with van der Waals surface area (Å²) in [5.41, 5.74) is 3.41. The summed E-state index contributed by atoms with van der Waals surface area (Å²) in [7, 11) is 1.27. The number of carbonyl (C=O) groups excluding carboxylic acids is 4. The monoisotopic (exact) mass is 778 g/mol. The van der Waals surface area contributed by atoms with Crippen molar-refractivity contribution in [2.75, 3.05) is 43.5 Å². The molecule has 2 aromatic carbocycles. The van der Waals surface area contributed by atoms with E-state index in [0.717, 1.165) is 36.3 Å². The number of ether oxygens (including phenoxy) is 1. The van der Waals surface area contributed by atoms with Crippen LogP contribution in [0, 0.1) is 23.1 Å². The van der Waals surface area contributed by atoms with Crippen molar-refractivity contribution >= 4 is 35.3 Å². The van der Waals surface area contributed by atoms with Crippen LogP contribution in [0.3, 0.4) is 0 Å². The summed E-state index contributed by atoms with van der Waals surface area (Å²) in [4.78, 5) is 69.9. The fourth-order valence-corrected chi connectivity index (χ4v) is 8.00. The molecule has 4 amide bonds. The highest BCUT2D eigenvalue weighted by Gasteiger charge is 2.52. The number of nitrogens with zero attached hydrogens (tertiary/aromatic N) is 5. The Morgan fingerprint density at radius 1 is 0.965 bits per heavy atom. The number of hydrogen-bond donors (Lipinski definition) is 3. The van der Waals surface area contributed by atoms with E-state index in [1.54, 1.807) is 29.3 Å². The number of benzene rings is 2. The number of aromatic amines is 1. The third-order valence-electron chi connectivity index (χ3n) is 11.6. The molecule has 13 nitrogen and oxygen atoms in total. The molecule has 2 aliphatic heterocycles. The molecule has 300 valence electrons. The number of methoxy groups -OCH3 is 1. The van der Waals surface area contributed by atoms with Crippen LogP contribution in [0.15, 0.2) is 67.0 Å². The Kier molecular flexibility index (Phi) is 11.1. The summed E-state index contributed by atoms with van der Waals surface area (Å²) < 4.78 is 20.2. The molecule has 3 fully saturated rings. The van der Waals surface area contributed by atoms with Crippen molar-refractivity contribution in [2.45, 2.75) is 72.0 Å². The number of aromatic nitrogens is 3. The number of halogens is 1. The lowest BCUT2D eigenvalue weighted by atomic mass is 10.0. The van der Waals surface area contributed by atoms with Crippen LogP contribution in [0.25, 0.3) is 22.4 Å². The van der Waals surface area contributed by atoms with Crippen molar-refractivity contribution in [1.29, 1.82) is 0 Å². The van der Waals surface area contributed by atoms with Gasteiger partial charge in [0.25, 0.3) is 5.91 Å². The van der Waals surface area contributed by atoms with E-state index < -0.39 is 23.9 Å². The minimum absolute atomic E-state index is 0.0854. The molecular formula is C43H51FN8O5. The number of imidazole rings is 1. The van der Waals surface area contributed by atoms with Gasteiger partial charge in [0.1, 0.15) is 23.5 Å². The zero-order chi connectivity index (χ0) is 40.6. The first-order valence-electron chi connectivity index (χ1n) is 19.7. The van der Waals surface area contributed by atoms with Gasteiger partial charge in [0, 0.05) is 55.6 Å². The maximum Gasteiger partial charge on any atom is 0.407 e. The maximum atomic E-state index is 15.5. The highest BCUT2D eigenvalue weighted by Crippen LogP contribution is 2.52. The molecule has 1 saturated carbocycles. The maximum absolute atomic E-state index is 15.5. The number of rotatable bonds is 10. The Morgan fingerprint density at radius 2 is 1.70 bits per heavy atom. The number of H-pyrrole nitrogens is 1. The Balaban J connectivity index is 0.950. The van der Waals surface area contributed by atoms with Crippen LogP contribution >= 0.6 is 0 Å². The molecule has 0 spiro atoms. The molecule has 4 aromatic rings. The summed E-state index contributed by atoms with van der Waals surface area (Å²) in [6.07, 6.45) is 5.09. The number of piperazine rings is 1. The lowest BCUT2D eigenvalue weighted by Crippen LogP contribution is -2.54. The van der Waals surface area contributed by atoms with E-state index in [4.69, 9.17) is 4.74 Å². The summed E-state index contributed by atoms with van der Waals surface area (Å²) in [6, 6.07) is 14.6. The van der Waals surface area contributed by atoms with Crippen LogP contribution < -0.4 is 15.5 Å². The zero-order valence-corrected chi connectivity index (χ0v) is 33.3. The molecule has 57 heavy (non-hydrogen) atoms. The Bertz CT molecular complexity index is 2140. The van der Waals surface area contributed by atoms with Crippen molar-refractivity contribution in [3.05, 3.63) is 84.2 Å². The molecule has 0 bridgehead atoms. The number of anilines is 2. The number of hydrogen-bond acceptors (Lipinski definition) is 8. The fraction of sp³-hybridized carbons (Fsp3) is 0.442. The van der Waals surface area contributed by atoms with Gasteiger partial charge in [-0.2, -0.15) is 0 Å². The normalized spacial score (nSPS) is 20.6. The van der Waals surface area contributed by atoms with Crippen LogP contribution in [0.1, 0.15) is 76.1 Å². The molecule has 4 atom stereocenters. The zero-order valence-electron chi connectivity index (χ0n) is 33.3. The molecule has 2 unspecified atom stereocenters. The Labute approximate surface area is 332 Å². The Hall–Kier alpha value is -5.79. The predicted molar refractivity (Wildman–Crippen MR) is 215 cm³/mol. The third kappa shape index (κ3) is 8.35. The summed E-state index contributed by atoms with van der Waals surface area (Å²) in [5.74, 6) is 0.564. The largest absolute Gasteiger partial charge is 0.453 e. The molecule has 4 heterocycles. The molecule has 2 aromatic heterocycles. The van der Waals surface area contributed by atoms with Crippen molar-refractivity contribution in [3.63, 3.8) is 0 Å². The van der Waals surface area contributed by atoms with Gasteiger partial charge < -0.3 is 35.1 Å². The van der Waals surface area contributed by atoms with Gasteiger partial charge in [-0.25, -0.2) is 19.2 Å². The average molecular weight is 779 g/mol. The Morgan fingerprint density at radius 3 is 2.33 bits per heavy atom. The molecule has 1 aliphatic carbocycles. The van der Waals surface area contributed by atoms with E-state index in [1.807, 2.05) is 49.1 Å². The van der Waals surface area contributed by atoms with E-state index >= 15 is 4.39 Å². The van der Waals surface area contributed by atoms with E-state index in [0.29, 0.717) is 54.4 Å². The van der Waals surface area contributed by atoms with Crippen molar-refractivity contribution < 1.29 is 28.3 Å². The van der Waals surface area contributed by atoms with Gasteiger partial charge in [-0.15, -0.1) is 0 Å². The highest BCUT2D eigenvalue weighted by molar-refractivity contribution is 6.04. The van der Waals surface area contributed by atoms with Crippen molar-refractivity contribution in [1.82, 2.24) is 30.1 Å². The van der Waals surface area contributed by atoms with Gasteiger partial charge in [-0.05, 0) is 79.0 Å². The number of likely N-dealkylation sites (tertiary alicyclic amines) is 1. The van der Waals surface area contributed by atoms with Gasteiger partial charge in [0.15, 0.2) is 0 Å². The molecule has 0 radical (unpaired) electrons. The lowest BCUT2D eigenvalue weighted by Gasteiger charge is -2.40. The first-order valence-corrected chi connectivity index (χ1v) is 19.7. The molecular weight excluding hydrogens is 728 g/mol. The number of amides is 4. The van der Waals surface area contributed by atoms with Gasteiger partial charge in [-0.1, -0.05) is 52.0 Å². The van der Waals surface area contributed by atoms with Crippen LogP contribution in [-0.4, -0.2) is 93.9 Å². The standard InChI is InChI=1S/C43H51FN8O5/c1-25(2)37(49-42(56)57-6)41(55)52-17-7-8-35(52)38-46-23-34(48-38)28-11-9-27(10-12-28)31-15-14-30(20-33(31)44)47-39(53)29-13-16-36(45-22-29)51-19-18-50(24-26(51)3)40(54)32-21-43(32,4)5/h9-16,20,22-23,25-26,32,35,37H,7-8,17-19,21,24H2,1-6H3,(H,46,48)(H,47,53)(H,49,56)/t26?,32-,35?,37+/m1/s1. The fourth-order valence-electron chi connectivity index (χ4n) is 8.00. The van der Waals surface area contributed by atoms with Gasteiger partial charge in [-0.3, -0.25) is 14.4 Å². The molecule has 3 aliphatic rings. The minimum atomic E-state index is -0.720. The molecule has 3 N–H and O–H groups in total. The van der Waals surface area contributed by atoms with Crippen LogP contribution in [-0.2, 0) is 14.3 Å². The number of carbonyl (C=O) groups is 4.